The zero-order valence-electron chi connectivity index (χ0n) is 10.4. The molecule has 0 spiro atoms. The Balaban J connectivity index is 2.32. The lowest BCUT2D eigenvalue weighted by atomic mass is 10.0. The number of aryl methyl sites for hydroxylation is 1. The fourth-order valence-corrected chi connectivity index (χ4v) is 1.82. The Labute approximate surface area is 107 Å². The topological polar surface area (TPSA) is 55.6 Å². The number of halogens is 3. The number of likely N-dealkylation sites (N-methyl/N-ethyl adjacent to an activating group) is 1. The number of aromatic nitrogens is 4. The van der Waals surface area contributed by atoms with Crippen LogP contribution in [0.25, 0.3) is 0 Å². The molecule has 102 valence electrons. The Bertz CT molecular complexity index is 560. The summed E-state index contributed by atoms with van der Waals surface area (Å²) in [5, 5.41) is 14.1. The van der Waals surface area contributed by atoms with Gasteiger partial charge in [0.2, 0.25) is 0 Å². The monoisotopic (exact) mass is 271 g/mol. The highest BCUT2D eigenvalue weighted by Crippen LogP contribution is 2.24. The first-order chi connectivity index (χ1) is 9.01. The van der Waals surface area contributed by atoms with Crippen molar-refractivity contribution in [1.82, 2.24) is 25.5 Å². The Morgan fingerprint density at radius 3 is 2.37 bits per heavy atom. The molecule has 1 heterocycles. The van der Waals surface area contributed by atoms with Crippen molar-refractivity contribution in [2.45, 2.75) is 12.5 Å². The van der Waals surface area contributed by atoms with Gasteiger partial charge in [-0.2, -0.15) is 4.80 Å². The van der Waals surface area contributed by atoms with E-state index < -0.39 is 23.5 Å². The first-order valence-corrected chi connectivity index (χ1v) is 5.56. The van der Waals surface area contributed by atoms with Crippen LogP contribution in [-0.4, -0.2) is 27.3 Å². The molecule has 2 rings (SSSR count). The van der Waals surface area contributed by atoms with Crippen molar-refractivity contribution < 1.29 is 13.2 Å². The van der Waals surface area contributed by atoms with Gasteiger partial charge in [-0.1, -0.05) is 0 Å². The van der Waals surface area contributed by atoms with Crippen molar-refractivity contribution in [3.05, 3.63) is 41.0 Å². The molecule has 0 fully saturated rings. The van der Waals surface area contributed by atoms with Gasteiger partial charge in [0.1, 0.15) is 17.5 Å². The number of tetrazole rings is 1. The van der Waals surface area contributed by atoms with E-state index in [2.05, 4.69) is 20.7 Å². The van der Waals surface area contributed by atoms with E-state index in [4.69, 9.17) is 0 Å². The molecule has 2 aromatic rings. The summed E-state index contributed by atoms with van der Waals surface area (Å²) in [5.74, 6) is -2.50. The quantitative estimate of drug-likeness (QED) is 0.905. The number of nitrogens with zero attached hydrogens (tertiary/aromatic N) is 4. The SMILES string of the molecule is CNC(Cc1nnn(C)n1)c1c(F)cc(F)cc1F. The van der Waals surface area contributed by atoms with Crippen molar-refractivity contribution in [3.8, 4) is 0 Å². The molecule has 8 heteroatoms. The predicted molar refractivity (Wildman–Crippen MR) is 60.6 cm³/mol. The van der Waals surface area contributed by atoms with Crippen molar-refractivity contribution in [3.63, 3.8) is 0 Å². The zero-order valence-corrected chi connectivity index (χ0v) is 10.4. The Morgan fingerprint density at radius 1 is 1.26 bits per heavy atom. The molecule has 1 aromatic carbocycles. The number of rotatable bonds is 4. The number of hydrogen-bond acceptors (Lipinski definition) is 4. The zero-order chi connectivity index (χ0) is 14.0. The smallest absolute Gasteiger partial charge is 0.176 e. The van der Waals surface area contributed by atoms with Crippen LogP contribution in [-0.2, 0) is 13.5 Å². The van der Waals surface area contributed by atoms with E-state index >= 15 is 0 Å². The minimum atomic E-state index is -0.953. The van der Waals surface area contributed by atoms with Gasteiger partial charge in [0.15, 0.2) is 5.82 Å². The summed E-state index contributed by atoms with van der Waals surface area (Å²) < 4.78 is 40.2. The third-order valence-electron chi connectivity index (χ3n) is 2.68. The molecule has 1 aromatic heterocycles. The molecule has 0 aliphatic carbocycles. The van der Waals surface area contributed by atoms with Gasteiger partial charge >= 0.3 is 0 Å². The molecule has 0 amide bonds. The summed E-state index contributed by atoms with van der Waals surface area (Å²) in [5.41, 5.74) is -0.239. The normalized spacial score (nSPS) is 12.7. The first kappa shape index (κ1) is 13.5. The van der Waals surface area contributed by atoms with Crippen LogP contribution in [0.2, 0.25) is 0 Å². The Morgan fingerprint density at radius 2 is 1.89 bits per heavy atom. The molecule has 1 N–H and O–H groups in total. The maximum atomic E-state index is 13.7. The minimum Gasteiger partial charge on any atom is -0.312 e. The van der Waals surface area contributed by atoms with E-state index in [-0.39, 0.29) is 12.0 Å². The van der Waals surface area contributed by atoms with Gasteiger partial charge < -0.3 is 5.32 Å². The Kier molecular flexibility index (Phi) is 3.79. The maximum absolute atomic E-state index is 13.7. The van der Waals surface area contributed by atoms with Gasteiger partial charge in [-0.25, -0.2) is 13.2 Å². The maximum Gasteiger partial charge on any atom is 0.176 e. The van der Waals surface area contributed by atoms with Gasteiger partial charge in [0.25, 0.3) is 0 Å². The third-order valence-corrected chi connectivity index (χ3v) is 2.68. The Hall–Kier alpha value is -1.96. The van der Waals surface area contributed by atoms with Crippen LogP contribution < -0.4 is 5.32 Å². The van der Waals surface area contributed by atoms with E-state index in [0.29, 0.717) is 18.0 Å². The van der Waals surface area contributed by atoms with Crippen molar-refractivity contribution >= 4 is 0 Å². The average Bonchev–Trinajstić information content (AvgIpc) is 2.72. The summed E-state index contributed by atoms with van der Waals surface area (Å²) in [4.78, 5) is 1.25. The van der Waals surface area contributed by atoms with Gasteiger partial charge in [-0.05, 0) is 12.3 Å². The summed E-state index contributed by atoms with van der Waals surface area (Å²) in [6.07, 6.45) is 0.143. The van der Waals surface area contributed by atoms with Gasteiger partial charge in [0.05, 0.1) is 7.05 Å². The van der Waals surface area contributed by atoms with Crippen LogP contribution in [0.3, 0.4) is 0 Å². The molecule has 1 unspecified atom stereocenters. The standard InChI is InChI=1S/C11H12F3N5/c1-15-9(5-10-16-18-19(2)17-10)11-7(13)3-6(12)4-8(11)14/h3-4,9,15H,5H2,1-2H3. The third kappa shape index (κ3) is 2.90. The molecule has 5 nitrogen and oxygen atoms in total. The number of nitrogens with one attached hydrogen (secondary N) is 1. The summed E-state index contributed by atoms with van der Waals surface area (Å²) in [6, 6.07) is 0.587. The highest BCUT2D eigenvalue weighted by molar-refractivity contribution is 5.25. The molecule has 1 atom stereocenters. The van der Waals surface area contributed by atoms with Crippen LogP contribution in [0.4, 0.5) is 13.2 Å². The largest absolute Gasteiger partial charge is 0.312 e. The van der Waals surface area contributed by atoms with Crippen LogP contribution in [0.15, 0.2) is 12.1 Å². The van der Waals surface area contributed by atoms with E-state index in [1.54, 1.807) is 14.1 Å². The van der Waals surface area contributed by atoms with E-state index in [9.17, 15) is 13.2 Å². The summed E-state index contributed by atoms with van der Waals surface area (Å²) in [7, 11) is 3.13. The van der Waals surface area contributed by atoms with Crippen LogP contribution >= 0.6 is 0 Å². The summed E-state index contributed by atoms with van der Waals surface area (Å²) >= 11 is 0. The van der Waals surface area contributed by atoms with E-state index in [1.165, 1.54) is 4.80 Å². The number of benzene rings is 1. The predicted octanol–water partition coefficient (Wildman–Crippen LogP) is 1.13. The number of hydrogen-bond donors (Lipinski definition) is 1. The lowest BCUT2D eigenvalue weighted by molar-refractivity contribution is 0.470. The molecule has 0 aliphatic rings. The minimum absolute atomic E-state index is 0.143. The first-order valence-electron chi connectivity index (χ1n) is 5.56. The molecular formula is C11H12F3N5. The lowest BCUT2D eigenvalue weighted by Gasteiger charge is -2.16. The molecule has 0 saturated heterocycles. The molecule has 0 bridgehead atoms. The second-order valence-corrected chi connectivity index (χ2v) is 4.02. The van der Waals surface area contributed by atoms with Crippen LogP contribution in [0.1, 0.15) is 17.4 Å². The fraction of sp³-hybridized carbons (Fsp3) is 0.364. The molecule has 0 aliphatic heterocycles. The van der Waals surface area contributed by atoms with Crippen LogP contribution in [0, 0.1) is 17.5 Å². The molecule has 19 heavy (non-hydrogen) atoms. The summed E-state index contributed by atoms with van der Waals surface area (Å²) in [6.45, 7) is 0. The highest BCUT2D eigenvalue weighted by atomic mass is 19.1. The van der Waals surface area contributed by atoms with Gasteiger partial charge in [-0.15, -0.1) is 10.2 Å². The van der Waals surface area contributed by atoms with Gasteiger partial charge in [0, 0.05) is 30.2 Å². The van der Waals surface area contributed by atoms with E-state index in [0.717, 1.165) is 0 Å². The van der Waals surface area contributed by atoms with E-state index in [1.807, 2.05) is 0 Å². The lowest BCUT2D eigenvalue weighted by Crippen LogP contribution is -2.22. The second kappa shape index (κ2) is 5.35. The van der Waals surface area contributed by atoms with Crippen molar-refractivity contribution in [1.29, 1.82) is 0 Å². The molecule has 0 saturated carbocycles. The fourth-order valence-electron chi connectivity index (χ4n) is 1.82. The second-order valence-electron chi connectivity index (χ2n) is 4.02. The molecular weight excluding hydrogens is 259 g/mol. The average molecular weight is 271 g/mol. The van der Waals surface area contributed by atoms with Crippen molar-refractivity contribution in [2.24, 2.45) is 7.05 Å². The highest BCUT2D eigenvalue weighted by Gasteiger charge is 2.22. The van der Waals surface area contributed by atoms with Gasteiger partial charge in [-0.3, -0.25) is 0 Å². The van der Waals surface area contributed by atoms with Crippen molar-refractivity contribution in [2.75, 3.05) is 7.05 Å². The van der Waals surface area contributed by atoms with Crippen LogP contribution in [0.5, 0.6) is 0 Å². The molecule has 0 radical (unpaired) electrons.